The van der Waals surface area contributed by atoms with Crippen molar-refractivity contribution in [1.29, 1.82) is 0 Å². The largest absolute Gasteiger partial charge is 0.339 e. The van der Waals surface area contributed by atoms with Gasteiger partial charge < -0.3 is 9.80 Å². The Morgan fingerprint density at radius 2 is 1.72 bits per heavy atom. The van der Waals surface area contributed by atoms with Crippen molar-refractivity contribution in [2.45, 2.75) is 32.6 Å². The van der Waals surface area contributed by atoms with Gasteiger partial charge in [0.2, 0.25) is 11.8 Å². The SMILES string of the molecule is Cc1cccc2c1N(C(=O)C1CCN(C(=O)C=Cc3ccccc3)CC1)CCC2. The molecule has 29 heavy (non-hydrogen) atoms. The summed E-state index contributed by atoms with van der Waals surface area (Å²) >= 11 is 0. The number of para-hydroxylation sites is 1. The van der Waals surface area contributed by atoms with Crippen molar-refractivity contribution in [2.75, 3.05) is 24.5 Å². The number of rotatable bonds is 3. The number of fused-ring (bicyclic) bond motifs is 1. The summed E-state index contributed by atoms with van der Waals surface area (Å²) < 4.78 is 0. The van der Waals surface area contributed by atoms with Crippen LogP contribution in [-0.4, -0.2) is 36.3 Å². The molecule has 0 aliphatic carbocycles. The Morgan fingerprint density at radius 3 is 2.48 bits per heavy atom. The van der Waals surface area contributed by atoms with Crippen LogP contribution in [0.2, 0.25) is 0 Å². The van der Waals surface area contributed by atoms with E-state index >= 15 is 0 Å². The number of benzene rings is 2. The van der Waals surface area contributed by atoms with Crippen LogP contribution in [0.3, 0.4) is 0 Å². The number of nitrogens with zero attached hydrogens (tertiary/aromatic N) is 2. The van der Waals surface area contributed by atoms with Crippen LogP contribution < -0.4 is 4.90 Å². The molecule has 2 heterocycles. The summed E-state index contributed by atoms with van der Waals surface area (Å²) in [5.41, 5.74) is 4.59. The highest BCUT2D eigenvalue weighted by Crippen LogP contribution is 2.33. The average Bonchev–Trinajstić information content (AvgIpc) is 2.77. The lowest BCUT2D eigenvalue weighted by Crippen LogP contribution is -2.45. The van der Waals surface area contributed by atoms with Gasteiger partial charge in [0.05, 0.1) is 0 Å². The molecule has 4 nitrogen and oxygen atoms in total. The third-order valence-electron chi connectivity index (χ3n) is 6.06. The maximum atomic E-state index is 13.3. The molecule has 2 aromatic rings. The first kappa shape index (κ1) is 19.4. The molecule has 0 spiro atoms. The predicted octanol–water partition coefficient (Wildman–Crippen LogP) is 4.23. The van der Waals surface area contributed by atoms with Crippen LogP contribution in [0.4, 0.5) is 5.69 Å². The first-order valence-corrected chi connectivity index (χ1v) is 10.6. The average molecular weight is 389 g/mol. The van der Waals surface area contributed by atoms with Gasteiger partial charge in [0, 0.05) is 37.3 Å². The van der Waals surface area contributed by atoms with Crippen molar-refractivity contribution < 1.29 is 9.59 Å². The molecule has 2 amide bonds. The zero-order chi connectivity index (χ0) is 20.2. The van der Waals surface area contributed by atoms with Crippen LogP contribution in [0.1, 0.15) is 36.0 Å². The molecule has 0 atom stereocenters. The number of anilines is 1. The molecular weight excluding hydrogens is 360 g/mol. The van der Waals surface area contributed by atoms with Gasteiger partial charge in [0.15, 0.2) is 0 Å². The number of hydrogen-bond acceptors (Lipinski definition) is 2. The third-order valence-corrected chi connectivity index (χ3v) is 6.06. The Hall–Kier alpha value is -2.88. The fourth-order valence-electron chi connectivity index (χ4n) is 4.47. The third kappa shape index (κ3) is 4.26. The zero-order valence-corrected chi connectivity index (χ0v) is 17.0. The maximum Gasteiger partial charge on any atom is 0.246 e. The van der Waals surface area contributed by atoms with Crippen LogP contribution in [0.5, 0.6) is 0 Å². The van der Waals surface area contributed by atoms with E-state index in [1.165, 1.54) is 11.1 Å². The van der Waals surface area contributed by atoms with Crippen LogP contribution in [0.25, 0.3) is 6.08 Å². The summed E-state index contributed by atoms with van der Waals surface area (Å²) in [6.45, 7) is 4.17. The van der Waals surface area contributed by atoms with Crippen molar-refractivity contribution in [2.24, 2.45) is 5.92 Å². The van der Waals surface area contributed by atoms with Crippen molar-refractivity contribution in [3.05, 3.63) is 71.3 Å². The summed E-state index contributed by atoms with van der Waals surface area (Å²) in [5, 5.41) is 0. The van der Waals surface area contributed by atoms with Gasteiger partial charge in [-0.1, -0.05) is 48.5 Å². The number of hydrogen-bond donors (Lipinski definition) is 0. The molecular formula is C25H28N2O2. The van der Waals surface area contributed by atoms with Crippen molar-refractivity contribution >= 4 is 23.6 Å². The lowest BCUT2D eigenvalue weighted by atomic mass is 9.92. The fraction of sp³-hybridized carbons (Fsp3) is 0.360. The first-order chi connectivity index (χ1) is 14.1. The summed E-state index contributed by atoms with van der Waals surface area (Å²) in [7, 11) is 0. The van der Waals surface area contributed by atoms with Gasteiger partial charge >= 0.3 is 0 Å². The Bertz CT molecular complexity index is 912. The molecule has 0 N–H and O–H groups in total. The Labute approximate surface area is 172 Å². The molecule has 1 fully saturated rings. The standard InChI is InChI=1S/C25H28N2O2/c1-19-7-5-10-21-11-6-16-27(24(19)21)25(29)22-14-17-26(18-15-22)23(28)13-12-20-8-3-2-4-9-20/h2-5,7-10,12-13,22H,6,11,14-18H2,1H3. The van der Waals surface area contributed by atoms with E-state index < -0.39 is 0 Å². The second-order valence-electron chi connectivity index (χ2n) is 8.02. The minimum Gasteiger partial charge on any atom is -0.339 e. The molecule has 2 aromatic carbocycles. The summed E-state index contributed by atoms with van der Waals surface area (Å²) in [6.07, 6.45) is 7.03. The Balaban J connectivity index is 1.37. The van der Waals surface area contributed by atoms with Gasteiger partial charge in [-0.05, 0) is 55.4 Å². The quantitative estimate of drug-likeness (QED) is 0.739. The van der Waals surface area contributed by atoms with E-state index in [0.29, 0.717) is 13.1 Å². The highest BCUT2D eigenvalue weighted by Gasteiger charge is 2.32. The number of carbonyl (C=O) groups is 2. The molecule has 4 heteroatoms. The highest BCUT2D eigenvalue weighted by molar-refractivity contribution is 5.97. The zero-order valence-electron chi connectivity index (χ0n) is 17.0. The van der Waals surface area contributed by atoms with Crippen LogP contribution in [0, 0.1) is 12.8 Å². The van der Waals surface area contributed by atoms with Crippen molar-refractivity contribution in [3.63, 3.8) is 0 Å². The number of amides is 2. The molecule has 0 unspecified atom stereocenters. The summed E-state index contributed by atoms with van der Waals surface area (Å²) in [4.78, 5) is 29.6. The van der Waals surface area contributed by atoms with E-state index in [1.807, 2.05) is 46.2 Å². The number of piperidine rings is 1. The second-order valence-corrected chi connectivity index (χ2v) is 8.02. The van der Waals surface area contributed by atoms with Gasteiger partial charge in [0.25, 0.3) is 0 Å². The van der Waals surface area contributed by atoms with Crippen molar-refractivity contribution in [3.8, 4) is 0 Å². The molecule has 0 radical (unpaired) electrons. The Morgan fingerprint density at radius 1 is 0.966 bits per heavy atom. The lowest BCUT2D eigenvalue weighted by molar-refractivity contribution is -0.131. The molecule has 2 aliphatic heterocycles. The molecule has 0 saturated carbocycles. The minimum absolute atomic E-state index is 0.00251. The van der Waals surface area contributed by atoms with Gasteiger partial charge in [-0.15, -0.1) is 0 Å². The second kappa shape index (κ2) is 8.64. The predicted molar refractivity (Wildman–Crippen MR) is 117 cm³/mol. The number of likely N-dealkylation sites (tertiary alicyclic amines) is 1. The molecule has 2 aliphatic rings. The minimum atomic E-state index is 0.00251. The van der Waals surface area contributed by atoms with E-state index in [4.69, 9.17) is 0 Å². The van der Waals surface area contributed by atoms with E-state index in [0.717, 1.165) is 43.5 Å². The van der Waals surface area contributed by atoms with E-state index in [1.54, 1.807) is 6.08 Å². The van der Waals surface area contributed by atoms with Gasteiger partial charge in [-0.2, -0.15) is 0 Å². The molecule has 1 saturated heterocycles. The maximum absolute atomic E-state index is 13.3. The topological polar surface area (TPSA) is 40.6 Å². The van der Waals surface area contributed by atoms with Gasteiger partial charge in [-0.25, -0.2) is 0 Å². The van der Waals surface area contributed by atoms with Gasteiger partial charge in [0.1, 0.15) is 0 Å². The molecule has 4 rings (SSSR count). The van der Waals surface area contributed by atoms with E-state index in [2.05, 4.69) is 25.1 Å². The molecule has 0 bridgehead atoms. The van der Waals surface area contributed by atoms with E-state index in [-0.39, 0.29) is 17.7 Å². The summed E-state index contributed by atoms with van der Waals surface area (Å²) in [6, 6.07) is 16.1. The normalized spacial score (nSPS) is 17.4. The van der Waals surface area contributed by atoms with Crippen LogP contribution in [0.15, 0.2) is 54.6 Å². The number of carbonyl (C=O) groups excluding carboxylic acids is 2. The van der Waals surface area contributed by atoms with Gasteiger partial charge in [-0.3, -0.25) is 9.59 Å². The molecule has 150 valence electrons. The summed E-state index contributed by atoms with van der Waals surface area (Å²) in [5.74, 6) is 0.258. The lowest BCUT2D eigenvalue weighted by Gasteiger charge is -2.37. The fourth-order valence-corrected chi connectivity index (χ4v) is 4.47. The van der Waals surface area contributed by atoms with E-state index in [9.17, 15) is 9.59 Å². The monoisotopic (exact) mass is 388 g/mol. The van der Waals surface area contributed by atoms with Crippen LogP contribution in [-0.2, 0) is 16.0 Å². The van der Waals surface area contributed by atoms with Crippen molar-refractivity contribution in [1.82, 2.24) is 4.90 Å². The smallest absolute Gasteiger partial charge is 0.246 e. The van der Waals surface area contributed by atoms with Crippen LogP contribution >= 0.6 is 0 Å². The molecule has 0 aromatic heterocycles. The number of aryl methyl sites for hydroxylation is 2. The highest BCUT2D eigenvalue weighted by atomic mass is 16.2. The Kier molecular flexibility index (Phi) is 5.79. The first-order valence-electron chi connectivity index (χ1n) is 10.6.